The highest BCUT2D eigenvalue weighted by Gasteiger charge is 2.27. The number of benzene rings is 1. The molecule has 5 heteroatoms. The van der Waals surface area contributed by atoms with Crippen molar-refractivity contribution in [3.8, 4) is 0 Å². The number of rotatable bonds is 6. The van der Waals surface area contributed by atoms with E-state index in [2.05, 4.69) is 17.1 Å². The van der Waals surface area contributed by atoms with Gasteiger partial charge in [0.2, 0.25) is 0 Å². The monoisotopic (exact) mass is 255 g/mol. The molecule has 0 atom stereocenters. The smallest absolute Gasteiger partial charge is 0.151 e. The summed E-state index contributed by atoms with van der Waals surface area (Å²) in [6, 6.07) is 2.72. The first-order valence-electron chi connectivity index (χ1n) is 6.34. The molecule has 1 saturated carbocycles. The zero-order chi connectivity index (χ0) is 13.1. The van der Waals surface area contributed by atoms with Crippen LogP contribution in [0, 0.1) is 11.6 Å². The Morgan fingerprint density at radius 3 is 2.72 bits per heavy atom. The summed E-state index contributed by atoms with van der Waals surface area (Å²) in [5.74, 6) is -1.33. The summed E-state index contributed by atoms with van der Waals surface area (Å²) >= 11 is 0. The molecule has 0 radical (unpaired) electrons. The van der Waals surface area contributed by atoms with Crippen LogP contribution >= 0.6 is 0 Å². The first-order valence-corrected chi connectivity index (χ1v) is 6.34. The van der Waals surface area contributed by atoms with Crippen molar-refractivity contribution in [3.05, 3.63) is 23.8 Å². The van der Waals surface area contributed by atoms with Gasteiger partial charge in [-0.25, -0.2) is 8.78 Å². The Bertz CT molecular complexity index is 419. The maximum atomic E-state index is 13.2. The number of nitrogens with one attached hydrogen (secondary N) is 1. The summed E-state index contributed by atoms with van der Waals surface area (Å²) in [5, 5.41) is 3.00. The molecule has 0 aliphatic heterocycles. The van der Waals surface area contributed by atoms with E-state index < -0.39 is 11.6 Å². The highest BCUT2D eigenvalue weighted by Crippen LogP contribution is 2.26. The molecule has 1 aromatic rings. The van der Waals surface area contributed by atoms with E-state index in [1.807, 2.05) is 0 Å². The molecule has 3 nitrogen and oxygen atoms in total. The van der Waals surface area contributed by atoms with Crippen LogP contribution in [0.2, 0.25) is 0 Å². The average molecular weight is 255 g/mol. The minimum atomic E-state index is -0.716. The summed E-state index contributed by atoms with van der Waals surface area (Å²) in [7, 11) is 0. The Balaban J connectivity index is 1.89. The van der Waals surface area contributed by atoms with Crippen molar-refractivity contribution < 1.29 is 8.78 Å². The van der Waals surface area contributed by atoms with Crippen LogP contribution in [-0.4, -0.2) is 30.6 Å². The fraction of sp³-hybridized carbons (Fsp3) is 0.538. The van der Waals surface area contributed by atoms with Crippen molar-refractivity contribution in [3.63, 3.8) is 0 Å². The van der Waals surface area contributed by atoms with E-state index >= 15 is 0 Å². The zero-order valence-corrected chi connectivity index (χ0v) is 10.5. The molecule has 1 fully saturated rings. The Morgan fingerprint density at radius 2 is 2.11 bits per heavy atom. The quantitative estimate of drug-likeness (QED) is 0.767. The van der Waals surface area contributed by atoms with Gasteiger partial charge >= 0.3 is 0 Å². The molecular weight excluding hydrogens is 236 g/mol. The van der Waals surface area contributed by atoms with Gasteiger partial charge in [-0.15, -0.1) is 0 Å². The minimum absolute atomic E-state index is 0.0223. The summed E-state index contributed by atoms with van der Waals surface area (Å²) in [6.45, 7) is 4.62. The van der Waals surface area contributed by atoms with E-state index in [0.717, 1.165) is 19.2 Å². The maximum Gasteiger partial charge on any atom is 0.151 e. The van der Waals surface area contributed by atoms with E-state index in [1.54, 1.807) is 0 Å². The molecule has 0 spiro atoms. The third-order valence-electron chi connectivity index (χ3n) is 3.28. The molecule has 2 rings (SSSR count). The number of nitrogens with zero attached hydrogens (tertiary/aromatic N) is 1. The van der Waals surface area contributed by atoms with Gasteiger partial charge in [0.15, 0.2) is 5.82 Å². The molecule has 1 aliphatic rings. The molecule has 0 heterocycles. The van der Waals surface area contributed by atoms with Gasteiger partial charge in [0, 0.05) is 25.2 Å². The molecule has 0 aromatic heterocycles. The van der Waals surface area contributed by atoms with E-state index in [1.165, 1.54) is 18.9 Å². The Hall–Kier alpha value is -1.36. The molecular formula is C13H19F2N3. The second-order valence-corrected chi connectivity index (χ2v) is 4.64. The predicted molar refractivity (Wildman–Crippen MR) is 69.5 cm³/mol. The first kappa shape index (κ1) is 13.1. The lowest BCUT2D eigenvalue weighted by Gasteiger charge is -2.20. The molecule has 1 aliphatic carbocycles. The van der Waals surface area contributed by atoms with Crippen LogP contribution < -0.4 is 11.1 Å². The highest BCUT2D eigenvalue weighted by atomic mass is 19.1. The minimum Gasteiger partial charge on any atom is -0.395 e. The predicted octanol–water partition coefficient (Wildman–Crippen LogP) is 2.44. The Morgan fingerprint density at radius 1 is 1.39 bits per heavy atom. The topological polar surface area (TPSA) is 41.3 Å². The number of likely N-dealkylation sites (N-methyl/N-ethyl adjacent to an activating group) is 1. The first-order chi connectivity index (χ1) is 8.61. The van der Waals surface area contributed by atoms with Gasteiger partial charge in [0.1, 0.15) is 5.82 Å². The molecule has 1 aromatic carbocycles. The van der Waals surface area contributed by atoms with Crippen molar-refractivity contribution in [2.45, 2.75) is 25.8 Å². The molecule has 0 saturated heterocycles. The third-order valence-corrected chi connectivity index (χ3v) is 3.28. The van der Waals surface area contributed by atoms with Crippen LogP contribution in [0.1, 0.15) is 19.8 Å². The van der Waals surface area contributed by atoms with Gasteiger partial charge in [-0.1, -0.05) is 6.92 Å². The van der Waals surface area contributed by atoms with Crippen molar-refractivity contribution in [2.75, 3.05) is 30.7 Å². The van der Waals surface area contributed by atoms with Crippen LogP contribution in [-0.2, 0) is 0 Å². The molecule has 100 valence electrons. The summed E-state index contributed by atoms with van der Waals surface area (Å²) < 4.78 is 26.3. The standard InChI is InChI=1S/C13H19F2N3/c1-2-18(10-3-4-10)6-5-17-12-8-9(14)7-11(15)13(12)16/h7-8,10,17H,2-6,16H2,1H3. The van der Waals surface area contributed by atoms with Gasteiger partial charge in [-0.05, 0) is 25.5 Å². The normalized spacial score (nSPS) is 15.1. The van der Waals surface area contributed by atoms with E-state index in [9.17, 15) is 8.78 Å². The van der Waals surface area contributed by atoms with Gasteiger partial charge < -0.3 is 11.1 Å². The van der Waals surface area contributed by atoms with Crippen LogP contribution in [0.15, 0.2) is 12.1 Å². The van der Waals surface area contributed by atoms with Crippen LogP contribution in [0.4, 0.5) is 20.2 Å². The number of hydrogen-bond donors (Lipinski definition) is 2. The van der Waals surface area contributed by atoms with Gasteiger partial charge in [-0.2, -0.15) is 0 Å². The van der Waals surface area contributed by atoms with Crippen molar-refractivity contribution in [1.29, 1.82) is 0 Å². The van der Waals surface area contributed by atoms with E-state index in [-0.39, 0.29) is 5.69 Å². The lowest BCUT2D eigenvalue weighted by atomic mass is 10.2. The third kappa shape index (κ3) is 3.10. The Labute approximate surface area is 106 Å². The number of hydrogen-bond acceptors (Lipinski definition) is 3. The van der Waals surface area contributed by atoms with Gasteiger partial charge in [0.25, 0.3) is 0 Å². The Kier molecular flexibility index (Phi) is 4.01. The van der Waals surface area contributed by atoms with Gasteiger partial charge in [0.05, 0.1) is 11.4 Å². The van der Waals surface area contributed by atoms with Crippen LogP contribution in [0.5, 0.6) is 0 Å². The van der Waals surface area contributed by atoms with Crippen molar-refractivity contribution in [2.24, 2.45) is 0 Å². The average Bonchev–Trinajstić information content (AvgIpc) is 3.14. The van der Waals surface area contributed by atoms with Crippen LogP contribution in [0.25, 0.3) is 0 Å². The van der Waals surface area contributed by atoms with E-state index in [4.69, 9.17) is 5.73 Å². The SMILES string of the molecule is CCN(CCNc1cc(F)cc(F)c1N)C1CC1. The molecule has 0 unspecified atom stereocenters. The number of anilines is 2. The van der Waals surface area contributed by atoms with Crippen LogP contribution in [0.3, 0.4) is 0 Å². The molecule has 0 bridgehead atoms. The molecule has 18 heavy (non-hydrogen) atoms. The number of halogens is 2. The summed E-state index contributed by atoms with van der Waals surface area (Å²) in [6.07, 6.45) is 2.51. The van der Waals surface area contributed by atoms with Gasteiger partial charge in [-0.3, -0.25) is 4.90 Å². The summed E-state index contributed by atoms with van der Waals surface area (Å²) in [5.41, 5.74) is 5.87. The zero-order valence-electron chi connectivity index (χ0n) is 10.5. The van der Waals surface area contributed by atoms with Crippen molar-refractivity contribution >= 4 is 11.4 Å². The van der Waals surface area contributed by atoms with Crippen molar-refractivity contribution in [1.82, 2.24) is 4.90 Å². The fourth-order valence-electron chi connectivity index (χ4n) is 2.10. The van der Waals surface area contributed by atoms with E-state index in [0.29, 0.717) is 18.3 Å². The maximum absolute atomic E-state index is 13.2. The fourth-order valence-corrected chi connectivity index (χ4v) is 2.10. The second kappa shape index (κ2) is 5.52. The highest BCUT2D eigenvalue weighted by molar-refractivity contribution is 5.66. The second-order valence-electron chi connectivity index (χ2n) is 4.64. The molecule has 0 amide bonds. The summed E-state index contributed by atoms with van der Waals surface area (Å²) in [4.78, 5) is 2.36. The lowest BCUT2D eigenvalue weighted by Crippen LogP contribution is -2.31. The number of nitrogen functional groups attached to an aromatic ring is 1. The number of nitrogens with two attached hydrogens (primary N) is 1. The largest absolute Gasteiger partial charge is 0.395 e. The lowest BCUT2D eigenvalue weighted by molar-refractivity contribution is 0.289. The molecule has 3 N–H and O–H groups in total.